The summed E-state index contributed by atoms with van der Waals surface area (Å²) >= 11 is 1.73. The number of hydrogen-bond acceptors (Lipinski definition) is 6. The summed E-state index contributed by atoms with van der Waals surface area (Å²) < 4.78 is 33.8. The molecule has 10 heteroatoms. The first kappa shape index (κ1) is 21.4. The van der Waals surface area contributed by atoms with Crippen molar-refractivity contribution >= 4 is 38.4 Å². The minimum atomic E-state index is -3.60. The van der Waals surface area contributed by atoms with Crippen molar-refractivity contribution in [3.8, 4) is 0 Å². The monoisotopic (exact) mass is 475 g/mol. The minimum absolute atomic E-state index is 0.0103. The predicted octanol–water partition coefficient (Wildman–Crippen LogP) is 2.98. The van der Waals surface area contributed by atoms with Gasteiger partial charge in [0.2, 0.25) is 15.9 Å². The Morgan fingerprint density at radius 2 is 1.97 bits per heavy atom. The normalized spacial score (nSPS) is 19.5. The number of carbonyl (C=O) groups is 1. The molecular weight excluding hydrogens is 450 g/mol. The van der Waals surface area contributed by atoms with Gasteiger partial charge in [0.15, 0.2) is 5.58 Å². The van der Waals surface area contributed by atoms with Crippen LogP contribution in [-0.4, -0.2) is 47.7 Å². The van der Waals surface area contributed by atoms with Crippen molar-refractivity contribution in [1.29, 1.82) is 0 Å². The molecule has 1 unspecified atom stereocenters. The van der Waals surface area contributed by atoms with E-state index in [1.807, 2.05) is 11.8 Å². The maximum absolute atomic E-state index is 12.9. The average molecular weight is 476 g/mol. The van der Waals surface area contributed by atoms with Crippen LogP contribution in [0, 0.1) is 0 Å². The fraction of sp³-hybridized carbons (Fsp3) is 0.455. The molecule has 32 heavy (non-hydrogen) atoms. The third-order valence-electron chi connectivity index (χ3n) is 6.49. The van der Waals surface area contributed by atoms with E-state index in [0.717, 1.165) is 19.3 Å². The summed E-state index contributed by atoms with van der Waals surface area (Å²) in [6.45, 7) is 3.91. The molecule has 0 aliphatic carbocycles. The predicted molar refractivity (Wildman–Crippen MR) is 121 cm³/mol. The summed E-state index contributed by atoms with van der Waals surface area (Å²) in [7, 11) is -3.60. The van der Waals surface area contributed by atoms with Crippen molar-refractivity contribution in [1.82, 2.24) is 13.8 Å². The lowest BCUT2D eigenvalue weighted by atomic mass is 10.0. The molecule has 5 rings (SSSR count). The Kier molecular flexibility index (Phi) is 5.47. The van der Waals surface area contributed by atoms with E-state index in [0.29, 0.717) is 25.2 Å². The molecule has 1 saturated heterocycles. The van der Waals surface area contributed by atoms with Crippen LogP contribution in [0.2, 0.25) is 0 Å². The Bertz CT molecular complexity index is 1330. The Hall–Kier alpha value is -2.43. The van der Waals surface area contributed by atoms with Gasteiger partial charge in [0.1, 0.15) is 0 Å². The number of aryl methyl sites for hydroxylation is 1. The van der Waals surface area contributed by atoms with Gasteiger partial charge in [-0.15, -0.1) is 11.3 Å². The average Bonchev–Trinajstić information content (AvgIpc) is 3.52. The van der Waals surface area contributed by atoms with E-state index < -0.39 is 15.8 Å². The Balaban J connectivity index is 1.34. The number of benzene rings is 1. The highest BCUT2D eigenvalue weighted by Crippen LogP contribution is 2.33. The third kappa shape index (κ3) is 3.60. The first-order valence-electron chi connectivity index (χ1n) is 10.9. The molecule has 2 aromatic heterocycles. The van der Waals surface area contributed by atoms with Crippen LogP contribution in [0.4, 0.5) is 0 Å². The molecule has 2 aliphatic heterocycles. The lowest BCUT2D eigenvalue weighted by Gasteiger charge is -2.33. The Morgan fingerprint density at radius 3 is 2.75 bits per heavy atom. The highest BCUT2D eigenvalue weighted by molar-refractivity contribution is 7.89. The molecule has 2 aliphatic rings. The van der Waals surface area contributed by atoms with Gasteiger partial charge >= 0.3 is 5.76 Å². The second-order valence-corrected chi connectivity index (χ2v) is 11.3. The molecule has 0 bridgehead atoms. The van der Waals surface area contributed by atoms with Crippen LogP contribution < -0.4 is 5.76 Å². The van der Waals surface area contributed by atoms with E-state index in [-0.39, 0.29) is 35.4 Å². The number of carbonyl (C=O) groups excluding carboxylic acids is 1. The van der Waals surface area contributed by atoms with Gasteiger partial charge in [0.05, 0.1) is 16.5 Å². The highest BCUT2D eigenvalue weighted by atomic mass is 32.2. The molecule has 3 aromatic rings. The molecule has 1 atom stereocenters. The van der Waals surface area contributed by atoms with Gasteiger partial charge in [-0.25, -0.2) is 13.2 Å². The molecule has 8 nitrogen and oxygen atoms in total. The van der Waals surface area contributed by atoms with E-state index in [1.54, 1.807) is 17.4 Å². The van der Waals surface area contributed by atoms with Crippen LogP contribution >= 0.6 is 11.3 Å². The zero-order chi connectivity index (χ0) is 22.5. The van der Waals surface area contributed by atoms with Crippen molar-refractivity contribution in [2.45, 2.75) is 50.1 Å². The first-order valence-corrected chi connectivity index (χ1v) is 13.2. The number of aromatic nitrogens is 1. The second-order valence-electron chi connectivity index (χ2n) is 8.32. The Morgan fingerprint density at radius 1 is 1.19 bits per heavy atom. The Labute approximate surface area is 190 Å². The minimum Gasteiger partial charge on any atom is -0.408 e. The molecule has 0 spiro atoms. The van der Waals surface area contributed by atoms with Crippen LogP contribution in [0.15, 0.2) is 43.8 Å². The molecule has 4 heterocycles. The SMILES string of the molecule is CC1c2ccsc2CCN1C(=O)CCn1c(=O)oc2cc(S(=O)(=O)N3CCCC3)ccc21. The standard InChI is InChI=1S/C22H25N3O5S2/c1-15-17-8-13-31-20(17)6-11-24(15)21(26)7-12-25-18-5-4-16(14-19(18)30-22(25)27)32(28,29)23-9-2-3-10-23/h4-5,8,13-15H,2-3,6-7,9-12H2,1H3. The van der Waals surface area contributed by atoms with Crippen molar-refractivity contribution in [2.24, 2.45) is 0 Å². The van der Waals surface area contributed by atoms with E-state index in [1.165, 1.54) is 31.4 Å². The maximum atomic E-state index is 12.9. The van der Waals surface area contributed by atoms with Crippen molar-refractivity contribution in [3.05, 3.63) is 50.6 Å². The van der Waals surface area contributed by atoms with Crippen LogP contribution in [0.25, 0.3) is 11.1 Å². The quantitative estimate of drug-likeness (QED) is 0.566. The topological polar surface area (TPSA) is 92.8 Å². The van der Waals surface area contributed by atoms with Crippen molar-refractivity contribution in [2.75, 3.05) is 19.6 Å². The zero-order valence-corrected chi connectivity index (χ0v) is 19.5. The van der Waals surface area contributed by atoms with Gasteiger partial charge in [0.25, 0.3) is 0 Å². The van der Waals surface area contributed by atoms with Crippen LogP contribution in [0.1, 0.15) is 42.7 Å². The van der Waals surface area contributed by atoms with Gasteiger partial charge in [-0.1, -0.05) is 0 Å². The number of rotatable bonds is 5. The van der Waals surface area contributed by atoms with Gasteiger partial charge in [-0.05, 0) is 55.3 Å². The molecule has 1 aromatic carbocycles. The van der Waals surface area contributed by atoms with Gasteiger partial charge < -0.3 is 9.32 Å². The number of fused-ring (bicyclic) bond motifs is 2. The van der Waals surface area contributed by atoms with Gasteiger partial charge in [0, 0.05) is 43.5 Å². The van der Waals surface area contributed by atoms with E-state index in [4.69, 9.17) is 4.42 Å². The highest BCUT2D eigenvalue weighted by Gasteiger charge is 2.29. The van der Waals surface area contributed by atoms with E-state index in [9.17, 15) is 18.0 Å². The number of hydrogen-bond donors (Lipinski definition) is 0. The first-order chi connectivity index (χ1) is 15.4. The number of sulfonamides is 1. The molecule has 0 radical (unpaired) electrons. The summed E-state index contributed by atoms with van der Waals surface area (Å²) in [5.74, 6) is -0.598. The van der Waals surface area contributed by atoms with Crippen molar-refractivity contribution in [3.63, 3.8) is 0 Å². The van der Waals surface area contributed by atoms with E-state index >= 15 is 0 Å². The smallest absolute Gasteiger partial charge is 0.408 e. The molecular formula is C22H25N3O5S2. The second kappa shape index (κ2) is 8.17. The number of oxazole rings is 1. The van der Waals surface area contributed by atoms with Gasteiger partial charge in [-0.3, -0.25) is 9.36 Å². The lowest BCUT2D eigenvalue weighted by molar-refractivity contribution is -0.134. The molecule has 0 N–H and O–H groups in total. The zero-order valence-electron chi connectivity index (χ0n) is 17.8. The molecule has 0 saturated carbocycles. The fourth-order valence-electron chi connectivity index (χ4n) is 4.70. The lowest BCUT2D eigenvalue weighted by Crippen LogP contribution is -2.38. The number of thiophene rings is 1. The summed E-state index contributed by atoms with van der Waals surface area (Å²) in [4.78, 5) is 28.7. The molecule has 1 fully saturated rings. The molecule has 1 amide bonds. The number of nitrogens with zero attached hydrogens (tertiary/aromatic N) is 3. The maximum Gasteiger partial charge on any atom is 0.419 e. The van der Waals surface area contributed by atoms with Crippen molar-refractivity contribution < 1.29 is 17.6 Å². The van der Waals surface area contributed by atoms with E-state index in [2.05, 4.69) is 11.4 Å². The summed E-state index contributed by atoms with van der Waals surface area (Å²) in [5, 5.41) is 2.06. The van der Waals surface area contributed by atoms with Crippen LogP contribution in [0.5, 0.6) is 0 Å². The summed E-state index contributed by atoms with van der Waals surface area (Å²) in [6.07, 6.45) is 2.73. The largest absolute Gasteiger partial charge is 0.419 e. The van der Waals surface area contributed by atoms with Crippen LogP contribution in [-0.2, 0) is 27.8 Å². The fourth-order valence-corrected chi connectivity index (χ4v) is 7.19. The summed E-state index contributed by atoms with van der Waals surface area (Å²) in [6, 6.07) is 6.61. The summed E-state index contributed by atoms with van der Waals surface area (Å²) in [5.41, 5.74) is 1.92. The number of amides is 1. The van der Waals surface area contributed by atoms with Gasteiger partial charge in [-0.2, -0.15) is 4.31 Å². The molecule has 170 valence electrons. The van der Waals surface area contributed by atoms with Crippen LogP contribution in [0.3, 0.4) is 0 Å². The third-order valence-corrected chi connectivity index (χ3v) is 9.38.